The van der Waals surface area contributed by atoms with Gasteiger partial charge in [-0.1, -0.05) is 18.5 Å². The summed E-state index contributed by atoms with van der Waals surface area (Å²) in [6.07, 6.45) is 1.70. The Kier molecular flexibility index (Phi) is 4.19. The van der Waals surface area contributed by atoms with E-state index in [1.165, 1.54) is 7.11 Å². The maximum atomic E-state index is 11.6. The van der Waals surface area contributed by atoms with Crippen molar-refractivity contribution in [1.29, 1.82) is 0 Å². The van der Waals surface area contributed by atoms with Crippen molar-refractivity contribution in [2.45, 2.75) is 13.5 Å². The summed E-state index contributed by atoms with van der Waals surface area (Å²) in [7, 11) is 1.44. The zero-order chi connectivity index (χ0) is 13.1. The molecular formula is C13H17ClN2O2. The van der Waals surface area contributed by atoms with Crippen molar-refractivity contribution in [3.63, 3.8) is 0 Å². The molecule has 1 aliphatic heterocycles. The molecule has 0 amide bonds. The van der Waals surface area contributed by atoms with Gasteiger partial charge in [0.1, 0.15) is 5.15 Å². The summed E-state index contributed by atoms with van der Waals surface area (Å²) in [6.45, 7) is 4.52. The molecule has 2 heterocycles. The second-order valence-corrected chi connectivity index (χ2v) is 5.18. The van der Waals surface area contributed by atoms with Crippen LogP contribution in [-0.2, 0) is 16.1 Å². The Morgan fingerprint density at radius 3 is 3.06 bits per heavy atom. The Morgan fingerprint density at radius 1 is 1.61 bits per heavy atom. The van der Waals surface area contributed by atoms with Crippen LogP contribution in [0.3, 0.4) is 0 Å². The van der Waals surface area contributed by atoms with Gasteiger partial charge in [0.25, 0.3) is 0 Å². The smallest absolute Gasteiger partial charge is 0.310 e. The number of carbonyl (C=O) groups is 1. The van der Waals surface area contributed by atoms with Gasteiger partial charge >= 0.3 is 5.97 Å². The van der Waals surface area contributed by atoms with Crippen molar-refractivity contribution < 1.29 is 9.53 Å². The zero-order valence-electron chi connectivity index (χ0n) is 10.6. The van der Waals surface area contributed by atoms with Crippen LogP contribution in [0.1, 0.15) is 12.5 Å². The average Bonchev–Trinajstić information content (AvgIpc) is 2.69. The van der Waals surface area contributed by atoms with E-state index in [9.17, 15) is 4.79 Å². The van der Waals surface area contributed by atoms with Crippen LogP contribution in [0.25, 0.3) is 0 Å². The summed E-state index contributed by atoms with van der Waals surface area (Å²) in [5.74, 6) is 0.194. The minimum atomic E-state index is -0.113. The monoisotopic (exact) mass is 268 g/mol. The van der Waals surface area contributed by atoms with Crippen molar-refractivity contribution in [2.24, 2.45) is 11.8 Å². The number of halogens is 1. The molecule has 5 heteroatoms. The summed E-state index contributed by atoms with van der Waals surface area (Å²) in [4.78, 5) is 17.8. The first-order chi connectivity index (χ1) is 8.60. The van der Waals surface area contributed by atoms with Crippen LogP contribution in [0.4, 0.5) is 0 Å². The SMILES string of the molecule is COC(=O)C1CN(Cc2ccnc(Cl)c2)CC1C. The number of pyridine rings is 1. The van der Waals surface area contributed by atoms with Crippen LogP contribution in [0.2, 0.25) is 5.15 Å². The Morgan fingerprint density at radius 2 is 2.39 bits per heavy atom. The molecule has 0 N–H and O–H groups in total. The van der Waals surface area contributed by atoms with Gasteiger partial charge in [-0.15, -0.1) is 0 Å². The molecule has 0 saturated carbocycles. The number of ether oxygens (including phenoxy) is 1. The van der Waals surface area contributed by atoms with Crippen molar-refractivity contribution >= 4 is 17.6 Å². The number of aromatic nitrogens is 1. The van der Waals surface area contributed by atoms with Gasteiger partial charge in [0.2, 0.25) is 0 Å². The third-order valence-corrected chi connectivity index (χ3v) is 3.60. The molecule has 0 radical (unpaired) electrons. The number of nitrogens with zero attached hydrogens (tertiary/aromatic N) is 2. The topological polar surface area (TPSA) is 42.4 Å². The van der Waals surface area contributed by atoms with Gasteiger partial charge in [0.05, 0.1) is 13.0 Å². The minimum absolute atomic E-state index is 0.0210. The lowest BCUT2D eigenvalue weighted by Crippen LogP contribution is -2.24. The molecule has 0 bridgehead atoms. The molecule has 98 valence electrons. The molecule has 1 fully saturated rings. The van der Waals surface area contributed by atoms with Crippen LogP contribution >= 0.6 is 11.6 Å². The van der Waals surface area contributed by atoms with Crippen LogP contribution in [-0.4, -0.2) is 36.1 Å². The largest absolute Gasteiger partial charge is 0.469 e. The molecule has 0 aliphatic carbocycles. The zero-order valence-corrected chi connectivity index (χ0v) is 11.4. The number of esters is 1. The third-order valence-electron chi connectivity index (χ3n) is 3.39. The Hall–Kier alpha value is -1.13. The molecule has 2 atom stereocenters. The summed E-state index contributed by atoms with van der Waals surface area (Å²) < 4.78 is 4.83. The van der Waals surface area contributed by atoms with Gasteiger partial charge in [-0.25, -0.2) is 4.98 Å². The molecule has 1 aromatic rings. The molecule has 1 saturated heterocycles. The second-order valence-electron chi connectivity index (χ2n) is 4.79. The van der Waals surface area contributed by atoms with E-state index < -0.39 is 0 Å². The fourth-order valence-electron chi connectivity index (χ4n) is 2.45. The van der Waals surface area contributed by atoms with E-state index in [2.05, 4.69) is 16.8 Å². The van der Waals surface area contributed by atoms with E-state index >= 15 is 0 Å². The van der Waals surface area contributed by atoms with E-state index in [-0.39, 0.29) is 11.9 Å². The third kappa shape index (κ3) is 3.00. The highest BCUT2D eigenvalue weighted by Gasteiger charge is 2.35. The van der Waals surface area contributed by atoms with E-state index in [1.807, 2.05) is 12.1 Å². The first-order valence-electron chi connectivity index (χ1n) is 6.00. The molecular weight excluding hydrogens is 252 g/mol. The van der Waals surface area contributed by atoms with E-state index in [0.717, 1.165) is 25.2 Å². The van der Waals surface area contributed by atoms with Gasteiger partial charge in [0, 0.05) is 25.8 Å². The van der Waals surface area contributed by atoms with Crippen LogP contribution in [0, 0.1) is 11.8 Å². The molecule has 2 rings (SSSR count). The van der Waals surface area contributed by atoms with Crippen molar-refractivity contribution in [3.05, 3.63) is 29.0 Å². The summed E-state index contributed by atoms with van der Waals surface area (Å²) in [6, 6.07) is 3.81. The first kappa shape index (κ1) is 13.3. The number of hydrogen-bond donors (Lipinski definition) is 0. The number of methoxy groups -OCH3 is 1. The Bertz CT molecular complexity index is 439. The van der Waals surface area contributed by atoms with Crippen LogP contribution in [0.5, 0.6) is 0 Å². The van der Waals surface area contributed by atoms with Gasteiger partial charge in [0.15, 0.2) is 0 Å². The average molecular weight is 269 g/mol. The minimum Gasteiger partial charge on any atom is -0.469 e. The van der Waals surface area contributed by atoms with E-state index in [0.29, 0.717) is 11.1 Å². The standard InChI is InChI=1S/C13H17ClN2O2/c1-9-6-16(8-11(9)13(17)18-2)7-10-3-4-15-12(14)5-10/h3-5,9,11H,6-8H2,1-2H3. The lowest BCUT2D eigenvalue weighted by Gasteiger charge is -2.15. The summed E-state index contributed by atoms with van der Waals surface area (Å²) in [5, 5.41) is 0.504. The second kappa shape index (κ2) is 5.67. The number of rotatable bonds is 3. The van der Waals surface area contributed by atoms with Gasteiger partial charge in [-0.05, 0) is 23.6 Å². The normalized spacial score (nSPS) is 24.2. The highest BCUT2D eigenvalue weighted by molar-refractivity contribution is 6.29. The quantitative estimate of drug-likeness (QED) is 0.621. The number of hydrogen-bond acceptors (Lipinski definition) is 4. The van der Waals surface area contributed by atoms with Crippen molar-refractivity contribution in [1.82, 2.24) is 9.88 Å². The lowest BCUT2D eigenvalue weighted by molar-refractivity contribution is -0.146. The van der Waals surface area contributed by atoms with Crippen molar-refractivity contribution in [2.75, 3.05) is 20.2 Å². The molecule has 1 aromatic heterocycles. The molecule has 4 nitrogen and oxygen atoms in total. The fourth-order valence-corrected chi connectivity index (χ4v) is 2.65. The maximum absolute atomic E-state index is 11.6. The predicted molar refractivity (Wildman–Crippen MR) is 69.2 cm³/mol. The molecule has 0 aromatic carbocycles. The first-order valence-corrected chi connectivity index (χ1v) is 6.38. The van der Waals surface area contributed by atoms with Gasteiger partial charge in [-0.2, -0.15) is 0 Å². The van der Waals surface area contributed by atoms with E-state index in [1.54, 1.807) is 6.20 Å². The molecule has 2 unspecified atom stereocenters. The van der Waals surface area contributed by atoms with Crippen LogP contribution in [0.15, 0.2) is 18.3 Å². The summed E-state index contributed by atoms with van der Waals surface area (Å²) >= 11 is 5.86. The Balaban J connectivity index is 1.98. The van der Waals surface area contributed by atoms with E-state index in [4.69, 9.17) is 16.3 Å². The molecule has 0 spiro atoms. The van der Waals surface area contributed by atoms with Gasteiger partial charge in [-0.3, -0.25) is 9.69 Å². The highest BCUT2D eigenvalue weighted by Crippen LogP contribution is 2.25. The lowest BCUT2D eigenvalue weighted by atomic mass is 9.99. The van der Waals surface area contributed by atoms with Crippen molar-refractivity contribution in [3.8, 4) is 0 Å². The summed E-state index contributed by atoms with van der Waals surface area (Å²) in [5.41, 5.74) is 1.12. The Labute approximate surface area is 112 Å². The van der Waals surface area contributed by atoms with Gasteiger partial charge < -0.3 is 4.74 Å². The predicted octanol–water partition coefficient (Wildman–Crippen LogP) is 1.98. The number of likely N-dealkylation sites (tertiary alicyclic amines) is 1. The van der Waals surface area contributed by atoms with Crippen LogP contribution < -0.4 is 0 Å². The number of carbonyl (C=O) groups excluding carboxylic acids is 1. The maximum Gasteiger partial charge on any atom is 0.310 e. The molecule has 1 aliphatic rings. The molecule has 18 heavy (non-hydrogen) atoms. The highest BCUT2D eigenvalue weighted by atomic mass is 35.5. The fraction of sp³-hybridized carbons (Fsp3) is 0.538.